The second-order valence-corrected chi connectivity index (χ2v) is 4.06. The second-order valence-electron chi connectivity index (χ2n) is 3.68. The third-order valence-electron chi connectivity index (χ3n) is 1.82. The first-order valence-electron chi connectivity index (χ1n) is 4.99. The predicted octanol–water partition coefficient (Wildman–Crippen LogP) is 2.56. The highest BCUT2D eigenvalue weighted by molar-refractivity contribution is 6.17. The molecule has 0 aromatic carbocycles. The summed E-state index contributed by atoms with van der Waals surface area (Å²) in [6.45, 7) is 5.18. The minimum absolute atomic E-state index is 0.129. The molecule has 78 valence electrons. The third-order valence-corrected chi connectivity index (χ3v) is 2.09. The molecule has 0 radical (unpaired) electrons. The molecule has 0 fully saturated rings. The number of amides is 1. The molecule has 1 amide bonds. The number of nitrogens with one attached hydrogen (secondary N) is 1. The lowest BCUT2D eigenvalue weighted by atomic mass is 10.1. The van der Waals surface area contributed by atoms with Crippen LogP contribution < -0.4 is 5.32 Å². The van der Waals surface area contributed by atoms with Gasteiger partial charge in [-0.25, -0.2) is 0 Å². The lowest BCUT2D eigenvalue weighted by Crippen LogP contribution is -2.24. The number of halogens is 1. The predicted molar refractivity (Wildman–Crippen MR) is 57.0 cm³/mol. The first-order valence-corrected chi connectivity index (χ1v) is 5.53. The maximum atomic E-state index is 11.1. The van der Waals surface area contributed by atoms with E-state index in [-0.39, 0.29) is 5.91 Å². The summed E-state index contributed by atoms with van der Waals surface area (Å²) >= 11 is 5.47. The smallest absolute Gasteiger partial charge is 0.220 e. The first kappa shape index (κ1) is 12.8. The summed E-state index contributed by atoms with van der Waals surface area (Å²) in [5.41, 5.74) is 0. The van der Waals surface area contributed by atoms with Gasteiger partial charge in [0, 0.05) is 18.8 Å². The summed E-state index contributed by atoms with van der Waals surface area (Å²) < 4.78 is 0. The van der Waals surface area contributed by atoms with E-state index in [1.807, 2.05) is 0 Å². The molecule has 0 spiro atoms. The molecule has 0 aromatic heterocycles. The van der Waals surface area contributed by atoms with Gasteiger partial charge in [0.15, 0.2) is 0 Å². The van der Waals surface area contributed by atoms with Gasteiger partial charge in [0.05, 0.1) is 0 Å². The average molecular weight is 206 g/mol. The molecule has 1 N–H and O–H groups in total. The van der Waals surface area contributed by atoms with Crippen LogP contribution in [0.5, 0.6) is 0 Å². The van der Waals surface area contributed by atoms with Gasteiger partial charge >= 0.3 is 0 Å². The van der Waals surface area contributed by atoms with Crippen molar-refractivity contribution in [2.45, 2.75) is 39.5 Å². The Bertz CT molecular complexity index is 137. The SMILES string of the molecule is CC(C)CCCNC(=O)CCCCl. The standard InChI is InChI=1S/C10H20ClNO/c1-9(2)5-4-8-12-10(13)6-3-7-11/h9H,3-8H2,1-2H3,(H,12,13). The minimum atomic E-state index is 0.129. The van der Waals surface area contributed by atoms with Gasteiger partial charge in [0.2, 0.25) is 5.91 Å². The van der Waals surface area contributed by atoms with Crippen LogP contribution in [-0.4, -0.2) is 18.3 Å². The van der Waals surface area contributed by atoms with Gasteiger partial charge in [-0.2, -0.15) is 0 Å². The van der Waals surface area contributed by atoms with E-state index >= 15 is 0 Å². The van der Waals surface area contributed by atoms with Crippen LogP contribution >= 0.6 is 11.6 Å². The number of hydrogen-bond donors (Lipinski definition) is 1. The maximum absolute atomic E-state index is 11.1. The van der Waals surface area contributed by atoms with Crippen LogP contribution in [0.4, 0.5) is 0 Å². The zero-order valence-corrected chi connectivity index (χ0v) is 9.36. The van der Waals surface area contributed by atoms with Crippen molar-refractivity contribution in [1.29, 1.82) is 0 Å². The van der Waals surface area contributed by atoms with Crippen molar-refractivity contribution < 1.29 is 4.79 Å². The van der Waals surface area contributed by atoms with Crippen molar-refractivity contribution in [2.75, 3.05) is 12.4 Å². The first-order chi connectivity index (χ1) is 6.16. The summed E-state index contributed by atoms with van der Waals surface area (Å²) in [5.74, 6) is 1.42. The van der Waals surface area contributed by atoms with E-state index in [9.17, 15) is 4.79 Å². The van der Waals surface area contributed by atoms with Crippen LogP contribution in [0.3, 0.4) is 0 Å². The van der Waals surface area contributed by atoms with Gasteiger partial charge in [0.1, 0.15) is 0 Å². The normalized spacial score (nSPS) is 10.5. The zero-order valence-electron chi connectivity index (χ0n) is 8.61. The van der Waals surface area contributed by atoms with Gasteiger partial charge in [-0.05, 0) is 25.2 Å². The Kier molecular flexibility index (Phi) is 8.21. The fraction of sp³-hybridized carbons (Fsp3) is 0.900. The molecule has 0 aliphatic carbocycles. The summed E-state index contributed by atoms with van der Waals surface area (Å²) in [6, 6.07) is 0. The molecule has 0 aliphatic rings. The second kappa shape index (κ2) is 8.36. The Morgan fingerprint density at radius 1 is 1.38 bits per heavy atom. The Morgan fingerprint density at radius 3 is 2.62 bits per heavy atom. The summed E-state index contributed by atoms with van der Waals surface area (Å²) in [7, 11) is 0. The van der Waals surface area contributed by atoms with E-state index in [0.717, 1.165) is 25.3 Å². The molecule has 2 nitrogen and oxygen atoms in total. The van der Waals surface area contributed by atoms with Crippen molar-refractivity contribution in [2.24, 2.45) is 5.92 Å². The zero-order chi connectivity index (χ0) is 10.1. The highest BCUT2D eigenvalue weighted by Gasteiger charge is 1.99. The third kappa shape index (κ3) is 9.68. The maximum Gasteiger partial charge on any atom is 0.220 e. The van der Waals surface area contributed by atoms with E-state index in [1.54, 1.807) is 0 Å². The highest BCUT2D eigenvalue weighted by Crippen LogP contribution is 2.01. The van der Waals surface area contributed by atoms with Crippen LogP contribution in [0.2, 0.25) is 0 Å². The number of hydrogen-bond acceptors (Lipinski definition) is 1. The Morgan fingerprint density at radius 2 is 2.08 bits per heavy atom. The van der Waals surface area contributed by atoms with Crippen molar-refractivity contribution in [3.05, 3.63) is 0 Å². The molecule has 0 aliphatic heterocycles. The van der Waals surface area contributed by atoms with E-state index in [4.69, 9.17) is 11.6 Å². The largest absolute Gasteiger partial charge is 0.356 e. The lowest BCUT2D eigenvalue weighted by Gasteiger charge is -2.05. The molecule has 0 heterocycles. The lowest BCUT2D eigenvalue weighted by molar-refractivity contribution is -0.121. The number of carbonyl (C=O) groups excluding carboxylic acids is 1. The molecular formula is C10H20ClNO. The molecule has 0 unspecified atom stereocenters. The quantitative estimate of drug-likeness (QED) is 0.503. The number of carbonyl (C=O) groups is 1. The van der Waals surface area contributed by atoms with Crippen molar-refractivity contribution in [3.8, 4) is 0 Å². The van der Waals surface area contributed by atoms with Gasteiger partial charge in [-0.15, -0.1) is 11.6 Å². The van der Waals surface area contributed by atoms with E-state index in [0.29, 0.717) is 12.3 Å². The van der Waals surface area contributed by atoms with Crippen LogP contribution in [0.1, 0.15) is 39.5 Å². The molecule has 0 atom stereocenters. The number of alkyl halides is 1. The van der Waals surface area contributed by atoms with Gasteiger partial charge in [-0.3, -0.25) is 4.79 Å². The summed E-state index contributed by atoms with van der Waals surface area (Å²) in [5, 5.41) is 2.88. The van der Waals surface area contributed by atoms with E-state index in [2.05, 4.69) is 19.2 Å². The molecule has 0 aromatic rings. The molecule has 0 bridgehead atoms. The van der Waals surface area contributed by atoms with Gasteiger partial charge in [0.25, 0.3) is 0 Å². The van der Waals surface area contributed by atoms with Gasteiger partial charge in [-0.1, -0.05) is 13.8 Å². The number of rotatable bonds is 7. The minimum Gasteiger partial charge on any atom is -0.356 e. The average Bonchev–Trinajstić information content (AvgIpc) is 2.08. The van der Waals surface area contributed by atoms with Crippen molar-refractivity contribution in [3.63, 3.8) is 0 Å². The van der Waals surface area contributed by atoms with Crippen LogP contribution in [-0.2, 0) is 4.79 Å². The molecule has 0 saturated heterocycles. The van der Waals surface area contributed by atoms with Crippen molar-refractivity contribution in [1.82, 2.24) is 5.32 Å². The fourth-order valence-corrected chi connectivity index (χ4v) is 1.19. The Labute approximate surface area is 86.0 Å². The summed E-state index contributed by atoms with van der Waals surface area (Å²) in [4.78, 5) is 11.1. The molecule has 13 heavy (non-hydrogen) atoms. The van der Waals surface area contributed by atoms with Gasteiger partial charge < -0.3 is 5.32 Å². The van der Waals surface area contributed by atoms with E-state index < -0.39 is 0 Å². The molecule has 0 saturated carbocycles. The topological polar surface area (TPSA) is 29.1 Å². The van der Waals surface area contributed by atoms with Crippen LogP contribution in [0.25, 0.3) is 0 Å². The summed E-state index contributed by atoms with van der Waals surface area (Å²) in [6.07, 6.45) is 3.59. The Balaban J connectivity index is 3.17. The van der Waals surface area contributed by atoms with Crippen LogP contribution in [0, 0.1) is 5.92 Å². The van der Waals surface area contributed by atoms with Crippen molar-refractivity contribution >= 4 is 17.5 Å². The molecule has 0 rings (SSSR count). The fourth-order valence-electron chi connectivity index (χ4n) is 1.05. The monoisotopic (exact) mass is 205 g/mol. The molecular weight excluding hydrogens is 186 g/mol. The Hall–Kier alpha value is -0.240. The van der Waals surface area contributed by atoms with E-state index in [1.165, 1.54) is 6.42 Å². The van der Waals surface area contributed by atoms with Crippen LogP contribution in [0.15, 0.2) is 0 Å². The molecule has 3 heteroatoms. The highest BCUT2D eigenvalue weighted by atomic mass is 35.5.